The van der Waals surface area contributed by atoms with E-state index in [2.05, 4.69) is 4.72 Å². The first-order chi connectivity index (χ1) is 5.90. The van der Waals surface area contributed by atoms with Gasteiger partial charge in [-0.15, -0.1) is 0 Å². The average molecular weight is 209 g/mol. The highest BCUT2D eigenvalue weighted by molar-refractivity contribution is 7.90. The molecule has 0 radical (unpaired) electrons. The third-order valence-corrected chi connectivity index (χ3v) is 3.63. The zero-order chi connectivity index (χ0) is 10.5. The van der Waals surface area contributed by atoms with Crippen LogP contribution < -0.4 is 4.72 Å². The Morgan fingerprint density at radius 3 is 2.23 bits per heavy atom. The Hall–Kier alpha value is -0.130. The van der Waals surface area contributed by atoms with Gasteiger partial charge in [0.15, 0.2) is 0 Å². The Balaban J connectivity index is 3.91. The van der Waals surface area contributed by atoms with E-state index < -0.39 is 15.3 Å². The van der Waals surface area contributed by atoms with Crippen molar-refractivity contribution in [3.8, 4) is 0 Å². The lowest BCUT2D eigenvalue weighted by Gasteiger charge is -2.11. The summed E-state index contributed by atoms with van der Waals surface area (Å²) in [5.74, 6) is 0.479. The summed E-state index contributed by atoms with van der Waals surface area (Å²) >= 11 is 0. The first-order valence-corrected chi connectivity index (χ1v) is 6.04. The summed E-state index contributed by atoms with van der Waals surface area (Å²) in [4.78, 5) is 0. The summed E-state index contributed by atoms with van der Waals surface area (Å²) in [7, 11) is -3.31. The van der Waals surface area contributed by atoms with Crippen molar-refractivity contribution in [2.75, 3.05) is 13.2 Å². The summed E-state index contributed by atoms with van der Waals surface area (Å²) in [6.07, 6.45) is 0.817. The topological polar surface area (TPSA) is 66.4 Å². The van der Waals surface area contributed by atoms with Crippen molar-refractivity contribution in [2.45, 2.75) is 32.4 Å². The largest absolute Gasteiger partial charge is 0.395 e. The van der Waals surface area contributed by atoms with Crippen LogP contribution in [0.5, 0.6) is 0 Å². The molecule has 1 unspecified atom stereocenters. The SMILES string of the molecule is CC(C)CCNS(=O)(=O)C(C)CO. The van der Waals surface area contributed by atoms with Crippen molar-refractivity contribution in [1.82, 2.24) is 4.72 Å². The molecule has 2 N–H and O–H groups in total. The minimum absolute atomic E-state index is 0.336. The van der Waals surface area contributed by atoms with Crippen molar-refractivity contribution in [1.29, 1.82) is 0 Å². The molecule has 0 fully saturated rings. The number of aliphatic hydroxyl groups is 1. The van der Waals surface area contributed by atoms with Crippen LogP contribution in [0.25, 0.3) is 0 Å². The Morgan fingerprint density at radius 2 is 1.85 bits per heavy atom. The second kappa shape index (κ2) is 5.57. The van der Waals surface area contributed by atoms with Crippen LogP contribution in [-0.4, -0.2) is 31.9 Å². The second-order valence-electron chi connectivity index (χ2n) is 3.62. The van der Waals surface area contributed by atoms with Crippen LogP contribution in [0.15, 0.2) is 0 Å². The molecular formula is C8H19NO3S. The standard InChI is InChI=1S/C8H19NO3S/c1-7(2)4-5-9-13(11,12)8(3)6-10/h7-10H,4-6H2,1-3H3. The van der Waals surface area contributed by atoms with Gasteiger partial charge in [0.05, 0.1) is 11.9 Å². The van der Waals surface area contributed by atoms with E-state index in [1.54, 1.807) is 0 Å². The normalized spacial score (nSPS) is 14.8. The van der Waals surface area contributed by atoms with Crippen LogP contribution in [0.1, 0.15) is 27.2 Å². The number of hydrogen-bond donors (Lipinski definition) is 2. The van der Waals surface area contributed by atoms with Crippen molar-refractivity contribution in [3.05, 3.63) is 0 Å². The van der Waals surface area contributed by atoms with Gasteiger partial charge in [0.1, 0.15) is 0 Å². The number of aliphatic hydroxyl groups excluding tert-OH is 1. The molecule has 0 spiro atoms. The zero-order valence-corrected chi connectivity index (χ0v) is 9.26. The van der Waals surface area contributed by atoms with Gasteiger partial charge >= 0.3 is 0 Å². The highest BCUT2D eigenvalue weighted by atomic mass is 32.2. The number of sulfonamides is 1. The van der Waals surface area contributed by atoms with Crippen molar-refractivity contribution in [2.24, 2.45) is 5.92 Å². The van der Waals surface area contributed by atoms with Crippen LogP contribution in [0.2, 0.25) is 0 Å². The van der Waals surface area contributed by atoms with E-state index >= 15 is 0 Å². The highest BCUT2D eigenvalue weighted by Crippen LogP contribution is 2.00. The van der Waals surface area contributed by atoms with Crippen molar-refractivity contribution in [3.63, 3.8) is 0 Å². The maximum Gasteiger partial charge on any atom is 0.216 e. The smallest absolute Gasteiger partial charge is 0.216 e. The van der Waals surface area contributed by atoms with Gasteiger partial charge < -0.3 is 5.11 Å². The number of hydrogen-bond acceptors (Lipinski definition) is 3. The summed E-state index contributed by atoms with van der Waals surface area (Å²) in [6.45, 7) is 5.66. The summed E-state index contributed by atoms with van der Waals surface area (Å²) < 4.78 is 25.0. The molecule has 80 valence electrons. The Labute approximate surface area is 80.4 Å². The minimum atomic E-state index is -3.31. The molecular weight excluding hydrogens is 190 g/mol. The second-order valence-corrected chi connectivity index (χ2v) is 5.80. The van der Waals surface area contributed by atoms with Crippen molar-refractivity contribution < 1.29 is 13.5 Å². The zero-order valence-electron chi connectivity index (χ0n) is 8.45. The maximum absolute atomic E-state index is 11.3. The van der Waals surface area contributed by atoms with Gasteiger partial charge in [-0.05, 0) is 19.3 Å². The first kappa shape index (κ1) is 12.9. The summed E-state index contributed by atoms with van der Waals surface area (Å²) in [5, 5.41) is 7.94. The van der Waals surface area contributed by atoms with E-state index in [0.717, 1.165) is 6.42 Å². The predicted octanol–water partition coefficient (Wildman–Crippen LogP) is 0.333. The van der Waals surface area contributed by atoms with Gasteiger partial charge in [0.25, 0.3) is 0 Å². The molecule has 0 rings (SSSR count). The molecule has 0 aliphatic heterocycles. The molecule has 4 nitrogen and oxygen atoms in total. The lowest BCUT2D eigenvalue weighted by Crippen LogP contribution is -2.35. The Bertz CT molecular complexity index is 224. The molecule has 13 heavy (non-hydrogen) atoms. The third-order valence-electron chi connectivity index (χ3n) is 1.81. The molecule has 1 atom stereocenters. The number of rotatable bonds is 6. The third kappa shape index (κ3) is 5.23. The monoisotopic (exact) mass is 209 g/mol. The van der Waals surface area contributed by atoms with Crippen LogP contribution in [-0.2, 0) is 10.0 Å². The first-order valence-electron chi connectivity index (χ1n) is 4.49. The van der Waals surface area contributed by atoms with Crippen LogP contribution >= 0.6 is 0 Å². The quantitative estimate of drug-likeness (QED) is 0.662. The predicted molar refractivity (Wildman–Crippen MR) is 52.9 cm³/mol. The van der Waals surface area contributed by atoms with Gasteiger partial charge in [-0.1, -0.05) is 13.8 Å². The van der Waals surface area contributed by atoms with Gasteiger partial charge in [0, 0.05) is 6.54 Å². The van der Waals surface area contributed by atoms with Crippen molar-refractivity contribution >= 4 is 10.0 Å². The molecule has 0 aromatic carbocycles. The van der Waals surface area contributed by atoms with E-state index in [1.165, 1.54) is 6.92 Å². The molecule has 0 aliphatic carbocycles. The number of nitrogens with one attached hydrogen (secondary N) is 1. The summed E-state index contributed by atoms with van der Waals surface area (Å²) in [5.41, 5.74) is 0. The van der Waals surface area contributed by atoms with E-state index in [1.807, 2.05) is 13.8 Å². The molecule has 0 aromatic heterocycles. The molecule has 0 saturated carbocycles. The van der Waals surface area contributed by atoms with Gasteiger partial charge in [-0.25, -0.2) is 13.1 Å². The molecule has 0 saturated heterocycles. The summed E-state index contributed by atoms with van der Waals surface area (Å²) in [6, 6.07) is 0. The fraction of sp³-hybridized carbons (Fsp3) is 1.00. The van der Waals surface area contributed by atoms with Crippen LogP contribution in [0, 0.1) is 5.92 Å². The Morgan fingerprint density at radius 1 is 1.31 bits per heavy atom. The maximum atomic E-state index is 11.3. The Kier molecular flexibility index (Phi) is 5.51. The van der Waals surface area contributed by atoms with E-state index in [4.69, 9.17) is 5.11 Å². The molecule has 5 heteroatoms. The average Bonchev–Trinajstić information content (AvgIpc) is 2.01. The molecule has 0 aromatic rings. The fourth-order valence-electron chi connectivity index (χ4n) is 0.730. The molecule has 0 aliphatic rings. The van der Waals surface area contributed by atoms with E-state index in [-0.39, 0.29) is 6.61 Å². The molecule has 0 bridgehead atoms. The van der Waals surface area contributed by atoms with Gasteiger partial charge in [-0.3, -0.25) is 0 Å². The lowest BCUT2D eigenvalue weighted by molar-refractivity contribution is 0.294. The van der Waals surface area contributed by atoms with E-state index in [0.29, 0.717) is 12.5 Å². The van der Waals surface area contributed by atoms with Gasteiger partial charge in [-0.2, -0.15) is 0 Å². The lowest BCUT2D eigenvalue weighted by atomic mass is 10.1. The molecule has 0 amide bonds. The van der Waals surface area contributed by atoms with Crippen LogP contribution in [0.4, 0.5) is 0 Å². The van der Waals surface area contributed by atoms with Crippen LogP contribution in [0.3, 0.4) is 0 Å². The molecule has 0 heterocycles. The fourth-order valence-corrected chi connectivity index (χ4v) is 1.61. The minimum Gasteiger partial charge on any atom is -0.395 e. The van der Waals surface area contributed by atoms with Gasteiger partial charge in [0.2, 0.25) is 10.0 Å². The highest BCUT2D eigenvalue weighted by Gasteiger charge is 2.18. The van der Waals surface area contributed by atoms with E-state index in [9.17, 15) is 8.42 Å².